The van der Waals surface area contributed by atoms with Gasteiger partial charge in [-0.05, 0) is 24.6 Å². The van der Waals surface area contributed by atoms with Crippen LogP contribution in [0.3, 0.4) is 0 Å². The lowest BCUT2D eigenvalue weighted by Gasteiger charge is -2.17. The van der Waals surface area contributed by atoms with Crippen molar-refractivity contribution in [3.8, 4) is 5.75 Å². The van der Waals surface area contributed by atoms with Crippen LogP contribution in [-0.4, -0.2) is 30.8 Å². The first-order valence-corrected chi connectivity index (χ1v) is 5.34. The molecule has 1 aromatic rings. The maximum Gasteiger partial charge on any atom is 0.325 e. The van der Waals surface area contributed by atoms with Gasteiger partial charge in [0.05, 0.1) is 13.7 Å². The number of aliphatic hydroxyl groups is 1. The van der Waals surface area contributed by atoms with Gasteiger partial charge in [0.25, 0.3) is 0 Å². The number of carbonyl (C=O) groups excluding carboxylic acids is 1. The molecule has 5 nitrogen and oxygen atoms in total. The molecule has 0 amide bonds. The molecule has 102 valence electrons. The molecule has 0 bridgehead atoms. The zero-order valence-electron chi connectivity index (χ0n) is 10.3. The summed E-state index contributed by atoms with van der Waals surface area (Å²) >= 11 is 0. The number of benzene rings is 1. The number of aliphatic hydroxyl groups excluding tert-OH is 1. The second-order valence-electron chi connectivity index (χ2n) is 3.50. The molecule has 3 N–H and O–H groups in total. The fraction of sp³-hybridized carbons (Fsp3) is 0.417. The Balaban J connectivity index is 0.00000289. The van der Waals surface area contributed by atoms with Crippen molar-refractivity contribution in [2.45, 2.75) is 19.1 Å². The van der Waals surface area contributed by atoms with Gasteiger partial charge in [-0.1, -0.05) is 12.1 Å². The fourth-order valence-corrected chi connectivity index (χ4v) is 1.38. The molecule has 0 saturated heterocycles. The van der Waals surface area contributed by atoms with Gasteiger partial charge in [-0.15, -0.1) is 12.4 Å². The van der Waals surface area contributed by atoms with Crippen LogP contribution in [0, 0.1) is 0 Å². The Morgan fingerprint density at radius 1 is 1.39 bits per heavy atom. The van der Waals surface area contributed by atoms with Gasteiger partial charge in [-0.25, -0.2) is 0 Å². The van der Waals surface area contributed by atoms with E-state index in [-0.39, 0.29) is 19.0 Å². The molecule has 0 heterocycles. The molecule has 1 aromatic carbocycles. The van der Waals surface area contributed by atoms with Gasteiger partial charge in [0.15, 0.2) is 0 Å². The van der Waals surface area contributed by atoms with E-state index in [0.29, 0.717) is 11.3 Å². The minimum absolute atomic E-state index is 0. The molecule has 0 aliphatic carbocycles. The van der Waals surface area contributed by atoms with Gasteiger partial charge in [0.2, 0.25) is 0 Å². The first-order chi connectivity index (χ1) is 8.10. The summed E-state index contributed by atoms with van der Waals surface area (Å²) in [5.74, 6) is 0.0569. The summed E-state index contributed by atoms with van der Waals surface area (Å²) in [5, 5.41) is 9.88. The highest BCUT2D eigenvalue weighted by Gasteiger charge is 2.25. The van der Waals surface area contributed by atoms with E-state index < -0.39 is 18.1 Å². The number of ether oxygens (including phenoxy) is 2. The molecule has 0 aromatic heterocycles. The van der Waals surface area contributed by atoms with Crippen molar-refractivity contribution in [1.29, 1.82) is 0 Å². The molecule has 2 unspecified atom stereocenters. The Kier molecular flexibility index (Phi) is 7.35. The summed E-state index contributed by atoms with van der Waals surface area (Å²) < 4.78 is 9.73. The predicted octanol–water partition coefficient (Wildman–Crippen LogP) is 1.04. The van der Waals surface area contributed by atoms with Crippen LogP contribution in [0.4, 0.5) is 0 Å². The van der Waals surface area contributed by atoms with E-state index in [1.54, 1.807) is 38.3 Å². The number of methoxy groups -OCH3 is 1. The second kappa shape index (κ2) is 7.92. The molecule has 0 radical (unpaired) electrons. The topological polar surface area (TPSA) is 81.8 Å². The van der Waals surface area contributed by atoms with Crippen LogP contribution < -0.4 is 10.5 Å². The Hall–Kier alpha value is -1.30. The van der Waals surface area contributed by atoms with Crippen LogP contribution in [-0.2, 0) is 9.53 Å². The number of hydrogen-bond donors (Lipinski definition) is 2. The van der Waals surface area contributed by atoms with Crippen molar-refractivity contribution >= 4 is 18.4 Å². The molecular weight excluding hydrogens is 258 g/mol. The van der Waals surface area contributed by atoms with E-state index in [9.17, 15) is 9.90 Å². The average molecular weight is 276 g/mol. The van der Waals surface area contributed by atoms with E-state index in [1.807, 2.05) is 0 Å². The summed E-state index contributed by atoms with van der Waals surface area (Å²) in [4.78, 5) is 11.3. The summed E-state index contributed by atoms with van der Waals surface area (Å²) in [6.07, 6.45) is -1.08. The smallest absolute Gasteiger partial charge is 0.325 e. The largest absolute Gasteiger partial charge is 0.497 e. The minimum atomic E-state index is -1.08. The molecule has 6 heteroatoms. The van der Waals surface area contributed by atoms with E-state index in [1.165, 1.54) is 0 Å². The lowest BCUT2D eigenvalue weighted by molar-refractivity contribution is -0.147. The van der Waals surface area contributed by atoms with Crippen LogP contribution >= 0.6 is 12.4 Å². The standard InChI is InChI=1S/C12H17NO4.ClH/c1-3-17-12(15)10(13)11(14)8-4-6-9(16-2)7-5-8;/h4-7,10-11,14H,3,13H2,1-2H3;1H. The van der Waals surface area contributed by atoms with Gasteiger partial charge in [0.1, 0.15) is 17.9 Å². The molecule has 1 rings (SSSR count). The summed E-state index contributed by atoms with van der Waals surface area (Å²) in [6.45, 7) is 1.92. The Morgan fingerprint density at radius 2 is 1.94 bits per heavy atom. The minimum Gasteiger partial charge on any atom is -0.497 e. The van der Waals surface area contributed by atoms with Crippen LogP contribution in [0.15, 0.2) is 24.3 Å². The molecule has 0 fully saturated rings. The molecule has 0 saturated carbocycles. The number of rotatable bonds is 5. The lowest BCUT2D eigenvalue weighted by Crippen LogP contribution is -2.38. The van der Waals surface area contributed by atoms with Crippen molar-refractivity contribution < 1.29 is 19.4 Å². The zero-order valence-corrected chi connectivity index (χ0v) is 11.1. The van der Waals surface area contributed by atoms with Gasteiger partial charge in [0, 0.05) is 0 Å². The van der Waals surface area contributed by atoms with E-state index in [2.05, 4.69) is 0 Å². The number of nitrogens with two attached hydrogens (primary N) is 1. The number of halogens is 1. The molecule has 0 aliphatic heterocycles. The quantitative estimate of drug-likeness (QED) is 0.785. The van der Waals surface area contributed by atoms with E-state index in [4.69, 9.17) is 15.2 Å². The Morgan fingerprint density at radius 3 is 2.39 bits per heavy atom. The van der Waals surface area contributed by atoms with Crippen LogP contribution in [0.2, 0.25) is 0 Å². The normalized spacial score (nSPS) is 13.1. The van der Waals surface area contributed by atoms with Gasteiger partial charge in [-0.2, -0.15) is 0 Å². The molecule has 2 atom stereocenters. The highest BCUT2D eigenvalue weighted by atomic mass is 35.5. The predicted molar refractivity (Wildman–Crippen MR) is 69.8 cm³/mol. The van der Waals surface area contributed by atoms with E-state index in [0.717, 1.165) is 0 Å². The van der Waals surface area contributed by atoms with Crippen LogP contribution in [0.1, 0.15) is 18.6 Å². The highest BCUT2D eigenvalue weighted by Crippen LogP contribution is 2.19. The first kappa shape index (κ1) is 16.7. The highest BCUT2D eigenvalue weighted by molar-refractivity contribution is 5.85. The third kappa shape index (κ3) is 4.18. The first-order valence-electron chi connectivity index (χ1n) is 5.34. The molecule has 18 heavy (non-hydrogen) atoms. The van der Waals surface area contributed by atoms with Gasteiger partial charge >= 0.3 is 5.97 Å². The summed E-state index contributed by atoms with van der Waals surface area (Å²) in [7, 11) is 1.55. The molecule has 0 aliphatic rings. The van der Waals surface area contributed by atoms with E-state index >= 15 is 0 Å². The van der Waals surface area contributed by atoms with Crippen molar-refractivity contribution in [2.24, 2.45) is 5.73 Å². The average Bonchev–Trinajstić information content (AvgIpc) is 2.37. The summed E-state index contributed by atoms with van der Waals surface area (Å²) in [5.41, 5.74) is 6.14. The lowest BCUT2D eigenvalue weighted by atomic mass is 10.0. The second-order valence-corrected chi connectivity index (χ2v) is 3.50. The zero-order chi connectivity index (χ0) is 12.8. The summed E-state index contributed by atoms with van der Waals surface area (Å²) in [6, 6.07) is 5.61. The molecular formula is C12H18ClNO4. The maximum absolute atomic E-state index is 11.3. The SMILES string of the molecule is CCOC(=O)C(N)C(O)c1ccc(OC)cc1.Cl. The van der Waals surface area contributed by atoms with Crippen molar-refractivity contribution in [1.82, 2.24) is 0 Å². The van der Waals surface area contributed by atoms with Crippen LogP contribution in [0.5, 0.6) is 5.75 Å². The third-order valence-corrected chi connectivity index (χ3v) is 2.36. The van der Waals surface area contributed by atoms with Crippen LogP contribution in [0.25, 0.3) is 0 Å². The number of carbonyl (C=O) groups is 1. The third-order valence-electron chi connectivity index (χ3n) is 2.36. The monoisotopic (exact) mass is 275 g/mol. The fourth-order valence-electron chi connectivity index (χ4n) is 1.38. The van der Waals surface area contributed by atoms with Crippen molar-refractivity contribution in [3.05, 3.63) is 29.8 Å². The van der Waals surface area contributed by atoms with Crippen molar-refractivity contribution in [3.63, 3.8) is 0 Å². The van der Waals surface area contributed by atoms with Gasteiger partial charge in [-0.3, -0.25) is 4.79 Å². The molecule has 0 spiro atoms. The maximum atomic E-state index is 11.3. The Bertz CT molecular complexity index is 369. The van der Waals surface area contributed by atoms with Gasteiger partial charge < -0.3 is 20.3 Å². The van der Waals surface area contributed by atoms with Crippen molar-refractivity contribution in [2.75, 3.05) is 13.7 Å². The Labute approximate surface area is 112 Å². The number of esters is 1. The number of hydrogen-bond acceptors (Lipinski definition) is 5.